The largest absolute Gasteiger partial charge is 0.497 e. The van der Waals surface area contributed by atoms with Gasteiger partial charge in [0.15, 0.2) is 5.78 Å². The van der Waals surface area contributed by atoms with E-state index in [2.05, 4.69) is 5.32 Å². The average Bonchev–Trinajstić information content (AvgIpc) is 2.49. The number of hydrogen-bond donors (Lipinski definition) is 1. The molecule has 0 amide bonds. The fourth-order valence-corrected chi connectivity index (χ4v) is 2.00. The van der Waals surface area contributed by atoms with Crippen LogP contribution in [0.1, 0.15) is 22.8 Å². The third-order valence-electron chi connectivity index (χ3n) is 3.20. The third kappa shape index (κ3) is 3.96. The predicted octanol–water partition coefficient (Wildman–Crippen LogP) is 4.20. The lowest BCUT2D eigenvalue weighted by Gasteiger charge is -2.09. The van der Waals surface area contributed by atoms with E-state index >= 15 is 0 Å². The van der Waals surface area contributed by atoms with Gasteiger partial charge < -0.3 is 10.1 Å². The Balaban J connectivity index is 2.10. The molecule has 0 heterocycles. The van der Waals surface area contributed by atoms with Crippen LogP contribution in [0.2, 0.25) is 0 Å². The molecule has 21 heavy (non-hydrogen) atoms. The molecule has 0 unspecified atom stereocenters. The summed E-state index contributed by atoms with van der Waals surface area (Å²) in [6.07, 6.45) is 1.61. The van der Waals surface area contributed by atoms with Gasteiger partial charge in [0.2, 0.25) is 0 Å². The van der Waals surface area contributed by atoms with Crippen LogP contribution in [0.5, 0.6) is 5.75 Å². The number of rotatable bonds is 5. The van der Waals surface area contributed by atoms with Crippen LogP contribution in [0.4, 0.5) is 5.69 Å². The van der Waals surface area contributed by atoms with Gasteiger partial charge in [0.25, 0.3) is 0 Å². The normalized spacial score (nSPS) is 11.1. The number of methoxy groups -OCH3 is 1. The van der Waals surface area contributed by atoms with Crippen molar-refractivity contribution in [2.45, 2.75) is 13.8 Å². The lowest BCUT2D eigenvalue weighted by molar-refractivity contribution is 0.104. The number of carbonyl (C=O) groups excluding carboxylic acids is 1. The summed E-state index contributed by atoms with van der Waals surface area (Å²) >= 11 is 0. The zero-order chi connectivity index (χ0) is 15.2. The summed E-state index contributed by atoms with van der Waals surface area (Å²) in [7, 11) is 1.60. The van der Waals surface area contributed by atoms with Crippen LogP contribution < -0.4 is 10.1 Å². The lowest BCUT2D eigenvalue weighted by Crippen LogP contribution is -2.02. The molecule has 3 nitrogen and oxygen atoms in total. The maximum absolute atomic E-state index is 12.2. The molecule has 2 aromatic rings. The molecule has 2 aromatic carbocycles. The molecular weight excluding hydrogens is 262 g/mol. The van der Waals surface area contributed by atoms with Crippen LogP contribution in [0.15, 0.2) is 60.3 Å². The van der Waals surface area contributed by atoms with Gasteiger partial charge in [0.1, 0.15) is 5.75 Å². The quantitative estimate of drug-likeness (QED) is 0.659. The highest BCUT2D eigenvalue weighted by molar-refractivity contribution is 6.05. The monoisotopic (exact) mass is 281 g/mol. The Bertz CT molecular complexity index is 657. The fraction of sp³-hybridized carbons (Fsp3) is 0.167. The Morgan fingerprint density at radius 2 is 1.76 bits per heavy atom. The number of para-hydroxylation sites is 1. The second-order valence-electron chi connectivity index (χ2n) is 4.86. The summed E-state index contributed by atoms with van der Waals surface area (Å²) in [4.78, 5) is 12.2. The van der Waals surface area contributed by atoms with Gasteiger partial charge >= 0.3 is 0 Å². The fourth-order valence-electron chi connectivity index (χ4n) is 2.00. The maximum atomic E-state index is 12.2. The average molecular weight is 281 g/mol. The van der Waals surface area contributed by atoms with E-state index in [1.54, 1.807) is 37.5 Å². The number of allylic oxidation sites excluding steroid dienone is 2. The van der Waals surface area contributed by atoms with E-state index in [0.717, 1.165) is 22.7 Å². The summed E-state index contributed by atoms with van der Waals surface area (Å²) in [6.45, 7) is 3.91. The Morgan fingerprint density at radius 3 is 2.38 bits per heavy atom. The Hall–Kier alpha value is -2.55. The van der Waals surface area contributed by atoms with Gasteiger partial charge in [-0.15, -0.1) is 0 Å². The van der Waals surface area contributed by atoms with Crippen molar-refractivity contribution < 1.29 is 9.53 Å². The molecular formula is C18H19NO2. The molecule has 0 bridgehead atoms. The number of carbonyl (C=O) groups is 1. The van der Waals surface area contributed by atoms with Crippen molar-refractivity contribution in [2.75, 3.05) is 12.4 Å². The first-order chi connectivity index (χ1) is 10.1. The van der Waals surface area contributed by atoms with Crippen LogP contribution in [-0.2, 0) is 0 Å². The van der Waals surface area contributed by atoms with Crippen LogP contribution in [-0.4, -0.2) is 12.9 Å². The number of ether oxygens (including phenoxy) is 1. The van der Waals surface area contributed by atoms with Crippen molar-refractivity contribution in [3.05, 3.63) is 71.4 Å². The van der Waals surface area contributed by atoms with Gasteiger partial charge in [-0.3, -0.25) is 4.79 Å². The smallest absolute Gasteiger partial charge is 0.187 e. The van der Waals surface area contributed by atoms with Crippen LogP contribution in [0, 0.1) is 6.92 Å². The minimum absolute atomic E-state index is 0.0313. The topological polar surface area (TPSA) is 38.3 Å². The highest BCUT2D eigenvalue weighted by Gasteiger charge is 2.04. The summed E-state index contributed by atoms with van der Waals surface area (Å²) in [6, 6.07) is 15.1. The first kappa shape index (κ1) is 14.9. The van der Waals surface area contributed by atoms with Crippen LogP contribution in [0.25, 0.3) is 0 Å². The van der Waals surface area contributed by atoms with E-state index in [9.17, 15) is 4.79 Å². The third-order valence-corrected chi connectivity index (χ3v) is 3.20. The lowest BCUT2D eigenvalue weighted by atomic mass is 10.1. The molecule has 0 aromatic heterocycles. The van der Waals surface area contributed by atoms with Crippen molar-refractivity contribution in [3.8, 4) is 5.75 Å². The molecule has 0 radical (unpaired) electrons. The summed E-state index contributed by atoms with van der Waals surface area (Å²) in [5.41, 5.74) is 3.60. The molecule has 0 saturated heterocycles. The predicted molar refractivity (Wildman–Crippen MR) is 85.9 cm³/mol. The SMILES string of the molecule is COc1ccc(C(=O)C=C(C)Nc2ccccc2C)cc1. The van der Waals surface area contributed by atoms with E-state index in [1.807, 2.05) is 38.1 Å². The van der Waals surface area contributed by atoms with Gasteiger partial charge in [-0.1, -0.05) is 18.2 Å². The number of aryl methyl sites for hydroxylation is 1. The van der Waals surface area contributed by atoms with Crippen molar-refractivity contribution in [3.63, 3.8) is 0 Å². The minimum atomic E-state index is -0.0313. The molecule has 0 fully saturated rings. The van der Waals surface area contributed by atoms with E-state index in [1.165, 1.54) is 0 Å². The number of anilines is 1. The molecule has 0 atom stereocenters. The van der Waals surface area contributed by atoms with Crippen molar-refractivity contribution in [1.82, 2.24) is 0 Å². The van der Waals surface area contributed by atoms with Crippen LogP contribution >= 0.6 is 0 Å². The van der Waals surface area contributed by atoms with Gasteiger partial charge in [0.05, 0.1) is 7.11 Å². The number of ketones is 1. The van der Waals surface area contributed by atoms with Gasteiger partial charge in [-0.25, -0.2) is 0 Å². The molecule has 0 aliphatic carbocycles. The highest BCUT2D eigenvalue weighted by atomic mass is 16.5. The van der Waals surface area contributed by atoms with E-state index < -0.39 is 0 Å². The number of hydrogen-bond acceptors (Lipinski definition) is 3. The number of nitrogens with one attached hydrogen (secondary N) is 1. The summed E-state index contributed by atoms with van der Waals surface area (Å²) in [5.74, 6) is 0.710. The molecule has 3 heteroatoms. The summed E-state index contributed by atoms with van der Waals surface area (Å²) in [5, 5.41) is 3.25. The summed E-state index contributed by atoms with van der Waals surface area (Å²) < 4.78 is 5.08. The zero-order valence-electron chi connectivity index (χ0n) is 12.5. The Morgan fingerprint density at radius 1 is 1.10 bits per heavy atom. The Labute approximate surface area is 125 Å². The zero-order valence-corrected chi connectivity index (χ0v) is 12.5. The molecule has 0 saturated carbocycles. The first-order valence-corrected chi connectivity index (χ1v) is 6.79. The molecule has 1 N–H and O–H groups in total. The maximum Gasteiger partial charge on any atom is 0.187 e. The van der Waals surface area contributed by atoms with Gasteiger partial charge in [-0.2, -0.15) is 0 Å². The second-order valence-corrected chi connectivity index (χ2v) is 4.86. The number of benzene rings is 2. The van der Waals surface area contributed by atoms with Gasteiger partial charge in [0, 0.05) is 23.0 Å². The molecule has 0 aliphatic heterocycles. The van der Waals surface area contributed by atoms with E-state index in [0.29, 0.717) is 5.56 Å². The van der Waals surface area contributed by atoms with Gasteiger partial charge in [-0.05, 0) is 49.7 Å². The van der Waals surface area contributed by atoms with Crippen molar-refractivity contribution >= 4 is 11.5 Å². The Kier molecular flexibility index (Phi) is 4.77. The van der Waals surface area contributed by atoms with Crippen LogP contribution in [0.3, 0.4) is 0 Å². The van der Waals surface area contributed by atoms with Crippen molar-refractivity contribution in [1.29, 1.82) is 0 Å². The molecule has 2 rings (SSSR count). The second kappa shape index (κ2) is 6.75. The van der Waals surface area contributed by atoms with Crippen molar-refractivity contribution in [2.24, 2.45) is 0 Å². The first-order valence-electron chi connectivity index (χ1n) is 6.79. The molecule has 0 aliphatic rings. The van der Waals surface area contributed by atoms with E-state index in [4.69, 9.17) is 4.74 Å². The minimum Gasteiger partial charge on any atom is -0.497 e. The molecule has 108 valence electrons. The standard InChI is InChI=1S/C18H19NO2/c1-13-6-4-5-7-17(13)19-14(2)12-18(20)15-8-10-16(21-3)11-9-15/h4-12,19H,1-3H3. The highest BCUT2D eigenvalue weighted by Crippen LogP contribution is 2.16. The van der Waals surface area contributed by atoms with E-state index in [-0.39, 0.29) is 5.78 Å². The molecule has 0 spiro atoms.